The number of benzene rings is 1. The largest absolute Gasteiger partial charge is 0.330 e. The summed E-state index contributed by atoms with van der Waals surface area (Å²) in [5.41, 5.74) is 1.79. The molecule has 1 aliphatic carbocycles. The first kappa shape index (κ1) is 17.8. The minimum atomic E-state index is -0.698. The first-order valence-electron chi connectivity index (χ1n) is 9.67. The van der Waals surface area contributed by atoms with E-state index >= 15 is 0 Å². The minimum Gasteiger partial charge on any atom is -0.330 e. The molecule has 6 nitrogen and oxygen atoms in total. The average Bonchev–Trinajstić information content (AvgIpc) is 3.39. The van der Waals surface area contributed by atoms with Crippen LogP contribution in [0.4, 0.5) is 11.5 Å². The molecular weight excluding hydrogens is 340 g/mol. The standard InChI is InChI=1S/C21H26N4O2/c1-14(2)25-13-22-19-18(25)11-17(21(27)24(19)12-15-9-10-15)20(26)23(3)16-7-5-4-6-8-16/h4-8,13-15,17H,9-12H2,1-3H3/t17-/m0/s1. The molecule has 0 N–H and O–H groups in total. The fourth-order valence-electron chi connectivity index (χ4n) is 3.76. The van der Waals surface area contributed by atoms with Gasteiger partial charge in [-0.2, -0.15) is 0 Å². The average molecular weight is 366 g/mol. The summed E-state index contributed by atoms with van der Waals surface area (Å²) in [6.07, 6.45) is 4.50. The van der Waals surface area contributed by atoms with Gasteiger partial charge in [0.25, 0.3) is 0 Å². The van der Waals surface area contributed by atoms with Crippen LogP contribution < -0.4 is 9.80 Å². The van der Waals surface area contributed by atoms with E-state index in [9.17, 15) is 9.59 Å². The molecule has 2 heterocycles. The van der Waals surface area contributed by atoms with Crippen LogP contribution in [-0.4, -0.2) is 35.0 Å². The quantitative estimate of drug-likeness (QED) is 0.764. The molecule has 4 rings (SSSR count). The Labute approximate surface area is 159 Å². The zero-order chi connectivity index (χ0) is 19.1. The van der Waals surface area contributed by atoms with Gasteiger partial charge in [-0.15, -0.1) is 0 Å². The molecule has 0 saturated heterocycles. The maximum atomic E-state index is 13.2. The zero-order valence-electron chi connectivity index (χ0n) is 16.1. The maximum absolute atomic E-state index is 13.2. The van der Waals surface area contributed by atoms with Gasteiger partial charge in [0, 0.05) is 31.7 Å². The molecule has 0 radical (unpaired) electrons. The number of para-hydroxylation sites is 1. The van der Waals surface area contributed by atoms with E-state index in [1.807, 2.05) is 30.3 Å². The zero-order valence-corrected chi connectivity index (χ0v) is 16.1. The molecule has 2 amide bonds. The Hall–Kier alpha value is -2.63. The molecule has 1 atom stereocenters. The number of amides is 2. The lowest BCUT2D eigenvalue weighted by Gasteiger charge is -2.33. The topological polar surface area (TPSA) is 58.4 Å². The number of anilines is 2. The summed E-state index contributed by atoms with van der Waals surface area (Å²) in [6.45, 7) is 4.85. The third kappa shape index (κ3) is 3.24. The van der Waals surface area contributed by atoms with E-state index in [2.05, 4.69) is 23.4 Å². The molecule has 1 aromatic carbocycles. The lowest BCUT2D eigenvalue weighted by atomic mass is 9.94. The molecular formula is C21H26N4O2. The number of rotatable bonds is 5. The van der Waals surface area contributed by atoms with E-state index in [1.165, 1.54) is 0 Å². The molecule has 6 heteroatoms. The van der Waals surface area contributed by atoms with Gasteiger partial charge in [0.1, 0.15) is 5.92 Å². The highest BCUT2D eigenvalue weighted by Crippen LogP contribution is 2.37. The fourth-order valence-corrected chi connectivity index (χ4v) is 3.76. The first-order chi connectivity index (χ1) is 13.0. The van der Waals surface area contributed by atoms with Gasteiger partial charge in [0.05, 0.1) is 12.0 Å². The van der Waals surface area contributed by atoms with Crippen LogP contribution in [0.3, 0.4) is 0 Å². The minimum absolute atomic E-state index is 0.115. The Bertz CT molecular complexity index is 854. The molecule has 142 valence electrons. The monoisotopic (exact) mass is 366 g/mol. The van der Waals surface area contributed by atoms with Crippen molar-refractivity contribution in [3.05, 3.63) is 42.4 Å². The van der Waals surface area contributed by atoms with Crippen LogP contribution in [0.2, 0.25) is 0 Å². The number of nitrogens with zero attached hydrogens (tertiary/aromatic N) is 4. The normalized spacial score (nSPS) is 19.3. The van der Waals surface area contributed by atoms with Gasteiger partial charge in [-0.3, -0.25) is 14.5 Å². The second-order valence-electron chi connectivity index (χ2n) is 7.90. The van der Waals surface area contributed by atoms with E-state index in [0.29, 0.717) is 18.9 Å². The van der Waals surface area contributed by atoms with Crippen LogP contribution in [0.5, 0.6) is 0 Å². The lowest BCUT2D eigenvalue weighted by molar-refractivity contribution is -0.132. The Morgan fingerprint density at radius 3 is 2.59 bits per heavy atom. The molecule has 2 aliphatic rings. The molecule has 0 unspecified atom stereocenters. The Kier molecular flexibility index (Phi) is 4.50. The maximum Gasteiger partial charge on any atom is 0.241 e. The van der Waals surface area contributed by atoms with Crippen molar-refractivity contribution in [3.63, 3.8) is 0 Å². The molecule has 1 fully saturated rings. The summed E-state index contributed by atoms with van der Waals surface area (Å²) in [5.74, 6) is 0.305. The molecule has 0 bridgehead atoms. The molecule has 1 aromatic heterocycles. The van der Waals surface area contributed by atoms with Gasteiger partial charge in [-0.1, -0.05) is 18.2 Å². The van der Waals surface area contributed by atoms with Gasteiger partial charge < -0.3 is 9.47 Å². The number of fused-ring (bicyclic) bond motifs is 1. The predicted molar refractivity (Wildman–Crippen MR) is 105 cm³/mol. The van der Waals surface area contributed by atoms with Crippen LogP contribution in [0.1, 0.15) is 38.4 Å². The van der Waals surface area contributed by atoms with Crippen molar-refractivity contribution in [2.75, 3.05) is 23.4 Å². The van der Waals surface area contributed by atoms with Gasteiger partial charge >= 0.3 is 0 Å². The summed E-state index contributed by atoms with van der Waals surface area (Å²) in [7, 11) is 1.74. The number of hydrogen-bond acceptors (Lipinski definition) is 3. The summed E-state index contributed by atoms with van der Waals surface area (Å²) in [4.78, 5) is 34.3. The van der Waals surface area contributed by atoms with Crippen LogP contribution in [0.15, 0.2) is 36.7 Å². The van der Waals surface area contributed by atoms with Crippen molar-refractivity contribution < 1.29 is 9.59 Å². The van der Waals surface area contributed by atoms with Gasteiger partial charge in [0.2, 0.25) is 11.8 Å². The number of aromatic nitrogens is 2. The Morgan fingerprint density at radius 1 is 1.26 bits per heavy atom. The van der Waals surface area contributed by atoms with E-state index in [-0.39, 0.29) is 17.9 Å². The highest BCUT2D eigenvalue weighted by atomic mass is 16.2. The summed E-state index contributed by atoms with van der Waals surface area (Å²) < 4.78 is 2.09. The summed E-state index contributed by atoms with van der Waals surface area (Å²) >= 11 is 0. The van der Waals surface area contributed by atoms with Gasteiger partial charge in [-0.05, 0) is 44.7 Å². The molecule has 2 aromatic rings. The number of hydrogen-bond donors (Lipinski definition) is 0. The SMILES string of the molecule is CC(C)n1cnc2c1C[C@@H](C(=O)N(C)c1ccccc1)C(=O)N2CC1CC1. The van der Waals surface area contributed by atoms with Crippen LogP contribution in [0, 0.1) is 11.8 Å². The number of carbonyl (C=O) groups excluding carboxylic acids is 2. The van der Waals surface area contributed by atoms with Crippen LogP contribution >= 0.6 is 0 Å². The van der Waals surface area contributed by atoms with Crippen molar-refractivity contribution >= 4 is 23.3 Å². The number of imidazole rings is 1. The molecule has 1 saturated carbocycles. The van der Waals surface area contributed by atoms with Crippen LogP contribution in [-0.2, 0) is 16.0 Å². The van der Waals surface area contributed by atoms with E-state index < -0.39 is 5.92 Å². The lowest BCUT2D eigenvalue weighted by Crippen LogP contribution is -2.49. The van der Waals surface area contributed by atoms with Gasteiger partial charge in [-0.25, -0.2) is 4.98 Å². The van der Waals surface area contributed by atoms with Gasteiger partial charge in [0.15, 0.2) is 5.82 Å². The third-order valence-corrected chi connectivity index (χ3v) is 5.56. The van der Waals surface area contributed by atoms with Crippen molar-refractivity contribution in [2.45, 2.75) is 39.2 Å². The third-order valence-electron chi connectivity index (χ3n) is 5.56. The highest BCUT2D eigenvalue weighted by Gasteiger charge is 2.43. The van der Waals surface area contributed by atoms with Crippen molar-refractivity contribution in [2.24, 2.45) is 11.8 Å². The second kappa shape index (κ2) is 6.83. The second-order valence-corrected chi connectivity index (χ2v) is 7.90. The molecule has 1 aliphatic heterocycles. The smallest absolute Gasteiger partial charge is 0.241 e. The van der Waals surface area contributed by atoms with E-state index in [4.69, 9.17) is 0 Å². The molecule has 0 spiro atoms. The van der Waals surface area contributed by atoms with Crippen molar-refractivity contribution in [1.29, 1.82) is 0 Å². The van der Waals surface area contributed by atoms with Crippen LogP contribution in [0.25, 0.3) is 0 Å². The highest BCUT2D eigenvalue weighted by molar-refractivity contribution is 6.13. The molecule has 27 heavy (non-hydrogen) atoms. The van der Waals surface area contributed by atoms with Crippen molar-refractivity contribution in [3.8, 4) is 0 Å². The first-order valence-corrected chi connectivity index (χ1v) is 9.67. The summed E-state index contributed by atoms with van der Waals surface area (Å²) in [5, 5.41) is 0. The number of carbonyl (C=O) groups is 2. The van der Waals surface area contributed by atoms with E-state index in [0.717, 1.165) is 30.0 Å². The van der Waals surface area contributed by atoms with E-state index in [1.54, 1.807) is 23.2 Å². The predicted octanol–water partition coefficient (Wildman–Crippen LogP) is 3.04. The Morgan fingerprint density at radius 2 is 1.96 bits per heavy atom. The van der Waals surface area contributed by atoms with Crippen molar-refractivity contribution in [1.82, 2.24) is 9.55 Å². The fraction of sp³-hybridized carbons (Fsp3) is 0.476. The Balaban J connectivity index is 1.67. The summed E-state index contributed by atoms with van der Waals surface area (Å²) in [6, 6.07) is 9.71.